The van der Waals surface area contributed by atoms with Crippen LogP contribution in [0.2, 0.25) is 0 Å². The second kappa shape index (κ2) is 4.65. The fraction of sp³-hybridized carbons (Fsp3) is 0.364. The maximum absolute atomic E-state index is 11.3. The number of carbonyl (C=O) groups excluding carboxylic acids is 1. The molecule has 0 atom stereocenters. The van der Waals surface area contributed by atoms with Gasteiger partial charge < -0.3 is 4.74 Å². The highest BCUT2D eigenvalue weighted by Crippen LogP contribution is 2.02. The van der Waals surface area contributed by atoms with Crippen LogP contribution >= 0.6 is 0 Å². The Morgan fingerprint density at radius 1 is 1.46 bits per heavy atom. The second-order valence-corrected chi connectivity index (χ2v) is 3.28. The van der Waals surface area contributed by atoms with Crippen molar-refractivity contribution in [3.8, 4) is 0 Å². The van der Waals surface area contributed by atoms with Gasteiger partial charge in [0.05, 0.1) is 12.2 Å². The summed E-state index contributed by atoms with van der Waals surface area (Å²) in [6, 6.07) is 9.64. The molecule has 0 saturated carbocycles. The lowest BCUT2D eigenvalue weighted by Crippen LogP contribution is -2.09. The fourth-order valence-electron chi connectivity index (χ4n) is 0.849. The summed E-state index contributed by atoms with van der Waals surface area (Å²) in [5.74, 6) is 0.113. The Labute approximate surface area is 78.5 Å². The first-order valence-electron chi connectivity index (χ1n) is 4.33. The summed E-state index contributed by atoms with van der Waals surface area (Å²) in [5.41, 5.74) is 0.583. The summed E-state index contributed by atoms with van der Waals surface area (Å²) in [6.07, 6.45) is 0. The van der Waals surface area contributed by atoms with E-state index in [1.807, 2.05) is 13.8 Å². The number of benzene rings is 1. The van der Waals surface area contributed by atoms with E-state index in [0.29, 0.717) is 18.1 Å². The molecule has 0 heterocycles. The molecule has 0 unspecified atom stereocenters. The van der Waals surface area contributed by atoms with Crippen LogP contribution in [0.4, 0.5) is 0 Å². The molecule has 0 aromatic heterocycles. The summed E-state index contributed by atoms with van der Waals surface area (Å²) < 4.78 is 5.04. The van der Waals surface area contributed by atoms with Gasteiger partial charge >= 0.3 is 5.97 Å². The molecule has 0 bridgehead atoms. The molecule has 2 nitrogen and oxygen atoms in total. The molecule has 1 radical (unpaired) electrons. The molecule has 0 spiro atoms. The Morgan fingerprint density at radius 2 is 2.08 bits per heavy atom. The van der Waals surface area contributed by atoms with Crippen LogP contribution in [0.15, 0.2) is 24.3 Å². The normalized spacial score (nSPS) is 10.1. The minimum Gasteiger partial charge on any atom is -0.462 e. The number of ether oxygens (including phenoxy) is 1. The monoisotopic (exact) mass is 177 g/mol. The third-order valence-electron chi connectivity index (χ3n) is 1.50. The van der Waals surface area contributed by atoms with E-state index in [4.69, 9.17) is 4.74 Å². The van der Waals surface area contributed by atoms with Gasteiger partial charge in [0.15, 0.2) is 0 Å². The molecule has 0 N–H and O–H groups in total. The molecule has 0 aliphatic heterocycles. The predicted octanol–water partition coefficient (Wildman–Crippen LogP) is 2.30. The molecule has 0 aliphatic carbocycles. The van der Waals surface area contributed by atoms with Crippen molar-refractivity contribution in [2.45, 2.75) is 13.8 Å². The average Bonchev–Trinajstić information content (AvgIpc) is 2.15. The van der Waals surface area contributed by atoms with Gasteiger partial charge in [-0.2, -0.15) is 0 Å². The van der Waals surface area contributed by atoms with Gasteiger partial charge in [-0.15, -0.1) is 0 Å². The van der Waals surface area contributed by atoms with Crippen LogP contribution in [0.3, 0.4) is 0 Å². The van der Waals surface area contributed by atoms with Crippen molar-refractivity contribution < 1.29 is 9.53 Å². The lowest BCUT2D eigenvalue weighted by Gasteiger charge is -2.06. The predicted molar refractivity (Wildman–Crippen MR) is 50.4 cm³/mol. The van der Waals surface area contributed by atoms with Crippen LogP contribution in [0, 0.1) is 12.0 Å². The zero-order chi connectivity index (χ0) is 9.68. The van der Waals surface area contributed by atoms with E-state index in [1.165, 1.54) is 0 Å². The quantitative estimate of drug-likeness (QED) is 0.662. The number of hydrogen-bond acceptors (Lipinski definition) is 2. The Bertz CT molecular complexity index is 265. The summed E-state index contributed by atoms with van der Waals surface area (Å²) >= 11 is 0. The van der Waals surface area contributed by atoms with Crippen molar-refractivity contribution >= 4 is 5.97 Å². The molecular weight excluding hydrogens is 164 g/mol. The zero-order valence-electron chi connectivity index (χ0n) is 7.91. The molecule has 0 aliphatic rings. The van der Waals surface area contributed by atoms with Crippen molar-refractivity contribution in [1.82, 2.24) is 0 Å². The van der Waals surface area contributed by atoms with Crippen molar-refractivity contribution in [1.29, 1.82) is 0 Å². The lowest BCUT2D eigenvalue weighted by atomic mass is 10.2. The Hall–Kier alpha value is -1.31. The zero-order valence-corrected chi connectivity index (χ0v) is 7.91. The molecule has 13 heavy (non-hydrogen) atoms. The van der Waals surface area contributed by atoms with Crippen LogP contribution in [0.5, 0.6) is 0 Å². The maximum Gasteiger partial charge on any atom is 0.338 e. The van der Waals surface area contributed by atoms with Gasteiger partial charge in [-0.05, 0) is 24.1 Å². The first kappa shape index (κ1) is 9.78. The number of hydrogen-bond donors (Lipinski definition) is 0. The Balaban J connectivity index is 2.50. The van der Waals surface area contributed by atoms with Gasteiger partial charge in [-0.1, -0.05) is 26.0 Å². The van der Waals surface area contributed by atoms with Gasteiger partial charge in [-0.25, -0.2) is 4.79 Å². The first-order valence-corrected chi connectivity index (χ1v) is 4.33. The highest BCUT2D eigenvalue weighted by atomic mass is 16.5. The van der Waals surface area contributed by atoms with Gasteiger partial charge in [-0.3, -0.25) is 0 Å². The standard InChI is InChI=1S/C11H13O2/c1-9(2)8-13-11(12)10-6-4-3-5-7-10/h4-7,9H,8H2,1-2H3. The first-order chi connectivity index (χ1) is 6.20. The fourth-order valence-corrected chi connectivity index (χ4v) is 0.849. The SMILES string of the molecule is CC(C)COC(=O)c1cc[c]cc1. The summed E-state index contributed by atoms with van der Waals surface area (Å²) in [5, 5.41) is 0. The largest absolute Gasteiger partial charge is 0.462 e. The molecule has 2 heteroatoms. The van der Waals surface area contributed by atoms with E-state index in [1.54, 1.807) is 24.3 Å². The smallest absolute Gasteiger partial charge is 0.338 e. The van der Waals surface area contributed by atoms with Gasteiger partial charge in [0.25, 0.3) is 0 Å². The Morgan fingerprint density at radius 3 is 2.62 bits per heavy atom. The van der Waals surface area contributed by atoms with Crippen LogP contribution < -0.4 is 0 Å². The topological polar surface area (TPSA) is 26.3 Å². The summed E-state index contributed by atoms with van der Waals surface area (Å²) in [4.78, 5) is 11.3. The summed E-state index contributed by atoms with van der Waals surface area (Å²) in [6.45, 7) is 4.48. The second-order valence-electron chi connectivity index (χ2n) is 3.28. The van der Waals surface area contributed by atoms with Gasteiger partial charge in [0.2, 0.25) is 0 Å². The molecular formula is C11H13O2. The lowest BCUT2D eigenvalue weighted by molar-refractivity contribution is 0.0459. The van der Waals surface area contributed by atoms with E-state index in [2.05, 4.69) is 6.07 Å². The number of esters is 1. The van der Waals surface area contributed by atoms with Crippen LogP contribution in [-0.2, 0) is 4.74 Å². The molecule has 69 valence electrons. The van der Waals surface area contributed by atoms with Crippen LogP contribution in [0.1, 0.15) is 24.2 Å². The molecule has 1 aromatic rings. The highest BCUT2D eigenvalue weighted by Gasteiger charge is 2.05. The third-order valence-corrected chi connectivity index (χ3v) is 1.50. The van der Waals surface area contributed by atoms with Gasteiger partial charge in [0, 0.05) is 0 Å². The Kier molecular flexibility index (Phi) is 3.50. The molecule has 1 aromatic carbocycles. The molecule has 0 amide bonds. The van der Waals surface area contributed by atoms with E-state index in [0.717, 1.165) is 0 Å². The van der Waals surface area contributed by atoms with Crippen molar-refractivity contribution in [2.75, 3.05) is 6.61 Å². The van der Waals surface area contributed by atoms with Crippen molar-refractivity contribution in [3.63, 3.8) is 0 Å². The minimum absolute atomic E-state index is 0.261. The van der Waals surface area contributed by atoms with Gasteiger partial charge in [0.1, 0.15) is 0 Å². The summed E-state index contributed by atoms with van der Waals surface area (Å²) in [7, 11) is 0. The minimum atomic E-state index is -0.261. The van der Waals surface area contributed by atoms with Crippen molar-refractivity contribution in [3.05, 3.63) is 35.9 Å². The van der Waals surface area contributed by atoms with E-state index < -0.39 is 0 Å². The van der Waals surface area contributed by atoms with E-state index in [9.17, 15) is 4.79 Å². The number of carbonyl (C=O) groups is 1. The maximum atomic E-state index is 11.3. The van der Waals surface area contributed by atoms with E-state index in [-0.39, 0.29) is 5.97 Å². The van der Waals surface area contributed by atoms with Crippen molar-refractivity contribution in [2.24, 2.45) is 5.92 Å². The molecule has 1 rings (SSSR count). The number of rotatable bonds is 3. The molecule has 0 fully saturated rings. The molecule has 0 saturated heterocycles. The average molecular weight is 177 g/mol. The van der Waals surface area contributed by atoms with Crippen LogP contribution in [-0.4, -0.2) is 12.6 Å². The third kappa shape index (κ3) is 3.28. The highest BCUT2D eigenvalue weighted by molar-refractivity contribution is 5.89. The van der Waals surface area contributed by atoms with E-state index >= 15 is 0 Å². The van der Waals surface area contributed by atoms with Crippen LogP contribution in [0.25, 0.3) is 0 Å².